The number of imidazole rings is 1. The summed E-state index contributed by atoms with van der Waals surface area (Å²) in [5.74, 6) is -3.54. The number of fused-ring (bicyclic) bond motifs is 2. The molecule has 2 aromatic rings. The van der Waals surface area contributed by atoms with Gasteiger partial charge in [-0.3, -0.25) is 9.09 Å². The molecular weight excluding hydrogens is 450 g/mol. The molecule has 3 fully saturated rings. The van der Waals surface area contributed by atoms with Crippen molar-refractivity contribution in [2.45, 2.75) is 43.9 Å². The Labute approximate surface area is 182 Å². The largest absolute Gasteiger partial charge is 0.405 e. The Kier molecular flexibility index (Phi) is 5.26. The van der Waals surface area contributed by atoms with Gasteiger partial charge in [-0.2, -0.15) is 0 Å². The van der Waals surface area contributed by atoms with Crippen molar-refractivity contribution in [2.75, 3.05) is 38.6 Å². The maximum Gasteiger partial charge on any atom is 0.405 e. The van der Waals surface area contributed by atoms with Gasteiger partial charge in [0.15, 0.2) is 29.6 Å². The van der Waals surface area contributed by atoms with Gasteiger partial charge in [-0.15, -0.1) is 0 Å². The summed E-state index contributed by atoms with van der Waals surface area (Å²) in [5.41, 5.74) is 6.49. The molecule has 5 atom stereocenters. The van der Waals surface area contributed by atoms with E-state index in [1.807, 2.05) is 0 Å². The number of hydrogen-bond acceptors (Lipinski definition) is 10. The summed E-state index contributed by atoms with van der Waals surface area (Å²) in [5, 5.41) is 0. The zero-order valence-electron chi connectivity index (χ0n) is 17.5. The van der Waals surface area contributed by atoms with Gasteiger partial charge in [0.25, 0.3) is 5.85 Å². The van der Waals surface area contributed by atoms with Crippen LogP contribution in [0.25, 0.3) is 11.2 Å². The fourth-order valence-electron chi connectivity index (χ4n) is 4.11. The van der Waals surface area contributed by atoms with Crippen molar-refractivity contribution in [1.82, 2.24) is 24.2 Å². The summed E-state index contributed by atoms with van der Waals surface area (Å²) in [6.07, 6.45) is -0.536. The van der Waals surface area contributed by atoms with Crippen molar-refractivity contribution < 1.29 is 37.3 Å². The number of rotatable bonds is 5. The second-order valence-corrected chi connectivity index (χ2v) is 10.0. The van der Waals surface area contributed by atoms with E-state index in [-0.39, 0.29) is 32.1 Å². The molecule has 0 bridgehead atoms. The van der Waals surface area contributed by atoms with Crippen molar-refractivity contribution in [1.29, 1.82) is 0 Å². The SMILES string of the molecule is CC1(C)OC2[C@H](n3cnc4c(N)ncnc43)OC(F)(COP(=O)(O)N3CCOCC3)[C@@H]2O1. The minimum atomic E-state index is -4.28. The first-order valence-electron chi connectivity index (χ1n) is 10.1. The van der Waals surface area contributed by atoms with Crippen LogP contribution in [-0.4, -0.2) is 85.8 Å². The average Bonchev–Trinajstić information content (AvgIpc) is 3.39. The van der Waals surface area contributed by atoms with Crippen molar-refractivity contribution in [3.05, 3.63) is 12.7 Å². The number of ether oxygens (including phenoxy) is 4. The van der Waals surface area contributed by atoms with E-state index in [4.69, 9.17) is 29.2 Å². The predicted molar refractivity (Wildman–Crippen MR) is 106 cm³/mol. The van der Waals surface area contributed by atoms with Gasteiger partial charge in [-0.05, 0) is 13.8 Å². The van der Waals surface area contributed by atoms with E-state index in [2.05, 4.69) is 15.0 Å². The van der Waals surface area contributed by atoms with Crippen LogP contribution in [0.5, 0.6) is 0 Å². The molecule has 0 saturated carbocycles. The molecule has 2 aromatic heterocycles. The molecule has 5 heterocycles. The summed E-state index contributed by atoms with van der Waals surface area (Å²) in [7, 11) is -4.28. The molecule has 3 N–H and O–H groups in total. The average molecular weight is 474 g/mol. The summed E-state index contributed by atoms with van der Waals surface area (Å²) in [6.45, 7) is 3.37. The Morgan fingerprint density at radius 3 is 2.78 bits per heavy atom. The molecule has 3 aliphatic heterocycles. The summed E-state index contributed by atoms with van der Waals surface area (Å²) in [6, 6.07) is 0. The molecular formula is C17H24FN6O7P. The fraction of sp³-hybridized carbons (Fsp3) is 0.706. The lowest BCUT2D eigenvalue weighted by Crippen LogP contribution is -2.44. The lowest BCUT2D eigenvalue weighted by Gasteiger charge is -2.32. The molecule has 176 valence electrons. The van der Waals surface area contributed by atoms with Gasteiger partial charge in [0.2, 0.25) is 0 Å². The van der Waals surface area contributed by atoms with E-state index in [0.29, 0.717) is 11.2 Å². The van der Waals surface area contributed by atoms with Crippen molar-refractivity contribution in [3.63, 3.8) is 0 Å². The minimum Gasteiger partial charge on any atom is -0.382 e. The molecule has 3 saturated heterocycles. The van der Waals surface area contributed by atoms with Crippen molar-refractivity contribution >= 4 is 24.7 Å². The molecule has 0 aromatic carbocycles. The normalized spacial score (nSPS) is 34.6. The van der Waals surface area contributed by atoms with E-state index in [1.165, 1.54) is 21.9 Å². The standard InChI is InChI=1S/C17H24FN6O7P/c1-16(2)29-11-12(30-16)17(18,7-28-32(25,26)23-3-5-27-6-4-23)31-15(11)24-9-22-10-13(19)20-8-21-14(10)24/h8-9,11-12,15H,3-7H2,1-2H3,(H,25,26)(H2,19,20,21)/t11?,12-,15-,17?/m1/s1. The van der Waals surface area contributed by atoms with E-state index >= 15 is 4.39 Å². The van der Waals surface area contributed by atoms with Gasteiger partial charge in [-0.1, -0.05) is 0 Å². The van der Waals surface area contributed by atoms with Crippen LogP contribution >= 0.6 is 7.75 Å². The zero-order valence-corrected chi connectivity index (χ0v) is 18.4. The Morgan fingerprint density at radius 1 is 1.28 bits per heavy atom. The smallest absolute Gasteiger partial charge is 0.382 e. The predicted octanol–water partition coefficient (Wildman–Crippen LogP) is 0.572. The number of aromatic nitrogens is 4. The highest BCUT2D eigenvalue weighted by molar-refractivity contribution is 7.50. The third kappa shape index (κ3) is 3.70. The molecule has 0 radical (unpaired) electrons. The Balaban J connectivity index is 1.43. The van der Waals surface area contributed by atoms with Crippen LogP contribution in [0, 0.1) is 0 Å². The maximum atomic E-state index is 16.1. The first-order chi connectivity index (χ1) is 15.1. The first-order valence-corrected chi connectivity index (χ1v) is 11.6. The van der Waals surface area contributed by atoms with E-state index < -0.39 is 44.4 Å². The Hall–Kier alpha value is -1.77. The Bertz CT molecular complexity index is 1070. The second kappa shape index (κ2) is 7.64. The molecule has 3 aliphatic rings. The highest BCUT2D eigenvalue weighted by Gasteiger charge is 2.65. The van der Waals surface area contributed by atoms with Gasteiger partial charge >= 0.3 is 7.75 Å². The van der Waals surface area contributed by atoms with Crippen LogP contribution < -0.4 is 5.73 Å². The molecule has 0 spiro atoms. The fourth-order valence-corrected chi connectivity index (χ4v) is 5.29. The number of halogens is 1. The van der Waals surface area contributed by atoms with E-state index in [1.54, 1.807) is 13.8 Å². The molecule has 0 aliphatic carbocycles. The number of nitrogens with two attached hydrogens (primary N) is 1. The van der Waals surface area contributed by atoms with Crippen LogP contribution in [-0.2, 0) is 28.0 Å². The van der Waals surface area contributed by atoms with Gasteiger partial charge in [0.05, 0.1) is 19.5 Å². The van der Waals surface area contributed by atoms with E-state index in [9.17, 15) is 9.46 Å². The summed E-state index contributed by atoms with van der Waals surface area (Å²) in [4.78, 5) is 22.6. The first kappa shape index (κ1) is 22.0. The molecule has 15 heteroatoms. The summed E-state index contributed by atoms with van der Waals surface area (Å²) >= 11 is 0. The third-order valence-corrected chi connectivity index (χ3v) is 7.17. The quantitative estimate of drug-likeness (QED) is 0.582. The topological polar surface area (TPSA) is 156 Å². The monoisotopic (exact) mass is 474 g/mol. The number of anilines is 1. The third-order valence-electron chi connectivity index (χ3n) is 5.59. The molecule has 32 heavy (non-hydrogen) atoms. The lowest BCUT2D eigenvalue weighted by atomic mass is 10.1. The van der Waals surface area contributed by atoms with Crippen LogP contribution in [0.15, 0.2) is 12.7 Å². The number of nitrogen functional groups attached to an aromatic ring is 1. The zero-order chi connectivity index (χ0) is 22.7. The minimum absolute atomic E-state index is 0.161. The maximum absolute atomic E-state index is 16.1. The van der Waals surface area contributed by atoms with E-state index in [0.717, 1.165) is 0 Å². The number of alkyl halides is 1. The lowest BCUT2D eigenvalue weighted by molar-refractivity contribution is -0.262. The van der Waals surface area contributed by atoms with Crippen LogP contribution in [0.3, 0.4) is 0 Å². The number of morpholine rings is 1. The summed E-state index contributed by atoms with van der Waals surface area (Å²) < 4.78 is 59.2. The molecule has 3 unspecified atom stereocenters. The Morgan fingerprint density at radius 2 is 2.03 bits per heavy atom. The van der Waals surface area contributed by atoms with Gasteiger partial charge in [0, 0.05) is 13.1 Å². The number of hydrogen-bond donors (Lipinski definition) is 2. The molecule has 0 amide bonds. The molecule has 5 rings (SSSR count). The van der Waals surface area contributed by atoms with Crippen molar-refractivity contribution in [2.24, 2.45) is 0 Å². The highest BCUT2D eigenvalue weighted by atomic mass is 31.2. The van der Waals surface area contributed by atoms with Crippen molar-refractivity contribution in [3.8, 4) is 0 Å². The van der Waals surface area contributed by atoms with Crippen LogP contribution in [0.4, 0.5) is 10.2 Å². The van der Waals surface area contributed by atoms with Crippen LogP contribution in [0.1, 0.15) is 20.1 Å². The second-order valence-electron chi connectivity index (χ2n) is 8.23. The molecule has 13 nitrogen and oxygen atoms in total. The number of nitrogens with zero attached hydrogens (tertiary/aromatic N) is 5. The van der Waals surface area contributed by atoms with Gasteiger partial charge in [0.1, 0.15) is 24.6 Å². The highest BCUT2D eigenvalue weighted by Crippen LogP contribution is 2.53. The van der Waals surface area contributed by atoms with Gasteiger partial charge in [-0.25, -0.2) is 28.6 Å². The van der Waals surface area contributed by atoms with Crippen LogP contribution in [0.2, 0.25) is 0 Å². The van der Waals surface area contributed by atoms with Gasteiger partial charge < -0.3 is 29.6 Å².